The Bertz CT molecular complexity index is 684. The first kappa shape index (κ1) is 17.5. The molecule has 0 fully saturated rings. The molecule has 0 saturated heterocycles. The molecule has 24 heavy (non-hydrogen) atoms. The molecule has 5 nitrogen and oxygen atoms in total. The van der Waals surface area contributed by atoms with Crippen LogP contribution in [0, 0.1) is 5.82 Å². The lowest BCUT2D eigenvalue weighted by atomic mass is 10.2. The van der Waals surface area contributed by atoms with E-state index in [-0.39, 0.29) is 11.7 Å². The lowest BCUT2D eigenvalue weighted by Crippen LogP contribution is -2.26. The predicted molar refractivity (Wildman–Crippen MR) is 90.8 cm³/mol. The molecule has 0 bridgehead atoms. The van der Waals surface area contributed by atoms with Crippen LogP contribution < -0.4 is 10.1 Å². The number of nitrogens with one attached hydrogen (secondary N) is 1. The number of carbonyl (C=O) groups excluding carboxylic acids is 1. The summed E-state index contributed by atoms with van der Waals surface area (Å²) in [7, 11) is 0. The van der Waals surface area contributed by atoms with Gasteiger partial charge in [0.05, 0.1) is 12.8 Å². The Morgan fingerprint density at radius 1 is 1.21 bits per heavy atom. The number of nitrogens with zero attached hydrogens (tertiary/aromatic N) is 1. The summed E-state index contributed by atoms with van der Waals surface area (Å²) in [4.78, 5) is 17.1. The standard InChI is InChI=1S/C18H19FN2O3/c1-3-23-17-10-4-14(5-11-17)12-20-24-13(2)18(22)21-16-8-6-15(19)7-9-16/h4-13H,3H2,1-2H3,(H,21,22)/b20-12-/t13-/m1/s1. The first-order chi connectivity index (χ1) is 11.6. The molecule has 2 aromatic rings. The molecule has 0 radical (unpaired) electrons. The van der Waals surface area contributed by atoms with Crippen molar-refractivity contribution in [3.63, 3.8) is 0 Å². The molecule has 0 unspecified atom stereocenters. The van der Waals surface area contributed by atoms with Crippen LogP contribution in [0.2, 0.25) is 0 Å². The lowest BCUT2D eigenvalue weighted by molar-refractivity contribution is -0.126. The van der Waals surface area contributed by atoms with E-state index in [2.05, 4.69) is 10.5 Å². The maximum atomic E-state index is 12.8. The Morgan fingerprint density at radius 2 is 1.88 bits per heavy atom. The fourth-order valence-corrected chi connectivity index (χ4v) is 1.82. The number of ether oxygens (including phenoxy) is 1. The van der Waals surface area contributed by atoms with Gasteiger partial charge in [0.2, 0.25) is 6.10 Å². The van der Waals surface area contributed by atoms with Crippen LogP contribution in [0.5, 0.6) is 5.75 Å². The van der Waals surface area contributed by atoms with Gasteiger partial charge in [0.1, 0.15) is 11.6 Å². The Balaban J connectivity index is 1.83. The fourth-order valence-electron chi connectivity index (χ4n) is 1.82. The van der Waals surface area contributed by atoms with E-state index in [9.17, 15) is 9.18 Å². The van der Waals surface area contributed by atoms with E-state index in [1.807, 2.05) is 31.2 Å². The Labute approximate surface area is 140 Å². The topological polar surface area (TPSA) is 59.9 Å². The quantitative estimate of drug-likeness (QED) is 0.623. The normalized spacial score (nSPS) is 12.0. The third-order valence-electron chi connectivity index (χ3n) is 3.09. The Hall–Kier alpha value is -2.89. The highest BCUT2D eigenvalue weighted by Gasteiger charge is 2.14. The highest BCUT2D eigenvalue weighted by Crippen LogP contribution is 2.11. The van der Waals surface area contributed by atoms with Crippen LogP contribution in [0.25, 0.3) is 0 Å². The van der Waals surface area contributed by atoms with Crippen LogP contribution in [-0.4, -0.2) is 24.8 Å². The number of anilines is 1. The summed E-state index contributed by atoms with van der Waals surface area (Å²) in [6.45, 7) is 4.10. The van der Waals surface area contributed by atoms with Gasteiger partial charge >= 0.3 is 0 Å². The number of oxime groups is 1. The molecular weight excluding hydrogens is 311 g/mol. The summed E-state index contributed by atoms with van der Waals surface area (Å²) in [6.07, 6.45) is 0.728. The smallest absolute Gasteiger partial charge is 0.267 e. The molecule has 1 atom stereocenters. The van der Waals surface area contributed by atoms with E-state index < -0.39 is 6.10 Å². The molecule has 2 aromatic carbocycles. The maximum absolute atomic E-state index is 12.8. The van der Waals surface area contributed by atoms with Gasteiger partial charge in [-0.3, -0.25) is 4.79 Å². The molecule has 0 heterocycles. The fraction of sp³-hybridized carbons (Fsp3) is 0.222. The van der Waals surface area contributed by atoms with Crippen LogP contribution in [0.1, 0.15) is 19.4 Å². The zero-order valence-electron chi connectivity index (χ0n) is 13.5. The molecule has 1 N–H and O–H groups in total. The Kier molecular flexibility index (Phi) is 6.31. The summed E-state index contributed by atoms with van der Waals surface area (Å²) in [6, 6.07) is 12.8. The van der Waals surface area contributed by atoms with Gasteiger partial charge in [0.15, 0.2) is 0 Å². The SMILES string of the molecule is CCOc1ccc(/C=N\O[C@H](C)C(=O)Nc2ccc(F)cc2)cc1. The second-order valence-corrected chi connectivity index (χ2v) is 4.98. The third-order valence-corrected chi connectivity index (χ3v) is 3.09. The average Bonchev–Trinajstić information content (AvgIpc) is 2.58. The van der Waals surface area contributed by atoms with Crippen molar-refractivity contribution in [2.75, 3.05) is 11.9 Å². The molecular formula is C18H19FN2O3. The Morgan fingerprint density at radius 3 is 2.50 bits per heavy atom. The molecule has 0 aromatic heterocycles. The zero-order valence-corrected chi connectivity index (χ0v) is 13.5. The van der Waals surface area contributed by atoms with E-state index in [0.717, 1.165) is 11.3 Å². The van der Waals surface area contributed by atoms with E-state index in [0.29, 0.717) is 12.3 Å². The molecule has 0 saturated carbocycles. The van der Waals surface area contributed by atoms with Crippen molar-refractivity contribution in [2.45, 2.75) is 20.0 Å². The molecule has 0 aliphatic carbocycles. The van der Waals surface area contributed by atoms with Gasteiger partial charge in [-0.05, 0) is 67.9 Å². The maximum Gasteiger partial charge on any atom is 0.267 e. The van der Waals surface area contributed by atoms with Gasteiger partial charge in [-0.15, -0.1) is 0 Å². The first-order valence-corrected chi connectivity index (χ1v) is 7.57. The van der Waals surface area contributed by atoms with Gasteiger partial charge < -0.3 is 14.9 Å². The van der Waals surface area contributed by atoms with Gasteiger partial charge in [0.25, 0.3) is 5.91 Å². The van der Waals surface area contributed by atoms with Crippen molar-refractivity contribution in [3.8, 4) is 5.75 Å². The number of hydrogen-bond donors (Lipinski definition) is 1. The predicted octanol–water partition coefficient (Wildman–Crippen LogP) is 3.60. The summed E-state index contributed by atoms with van der Waals surface area (Å²) >= 11 is 0. The molecule has 0 aliphatic heterocycles. The van der Waals surface area contributed by atoms with Crippen molar-refractivity contribution in [1.82, 2.24) is 0 Å². The minimum atomic E-state index is -0.783. The van der Waals surface area contributed by atoms with Gasteiger partial charge in [-0.1, -0.05) is 5.16 Å². The molecule has 0 aliphatic rings. The third kappa shape index (κ3) is 5.39. The second-order valence-electron chi connectivity index (χ2n) is 4.98. The number of carbonyl (C=O) groups is 1. The van der Waals surface area contributed by atoms with E-state index in [1.165, 1.54) is 30.5 Å². The number of rotatable bonds is 7. The number of hydrogen-bond acceptors (Lipinski definition) is 4. The van der Waals surface area contributed by atoms with Gasteiger partial charge in [0, 0.05) is 5.69 Å². The van der Waals surface area contributed by atoms with Crippen molar-refractivity contribution in [2.24, 2.45) is 5.16 Å². The lowest BCUT2D eigenvalue weighted by Gasteiger charge is -2.10. The summed E-state index contributed by atoms with van der Waals surface area (Å²) in [5, 5.41) is 6.43. The summed E-state index contributed by atoms with van der Waals surface area (Å²) in [5.74, 6) is 0.0466. The van der Waals surface area contributed by atoms with Crippen LogP contribution in [-0.2, 0) is 9.63 Å². The van der Waals surface area contributed by atoms with Crippen molar-refractivity contribution < 1.29 is 18.8 Å². The molecule has 2 rings (SSSR count). The van der Waals surface area contributed by atoms with Crippen molar-refractivity contribution >= 4 is 17.8 Å². The highest BCUT2D eigenvalue weighted by atomic mass is 19.1. The number of halogens is 1. The minimum absolute atomic E-state index is 0.364. The van der Waals surface area contributed by atoms with Gasteiger partial charge in [-0.25, -0.2) is 4.39 Å². The van der Waals surface area contributed by atoms with E-state index >= 15 is 0 Å². The summed E-state index contributed by atoms with van der Waals surface area (Å²) < 4.78 is 18.2. The van der Waals surface area contributed by atoms with E-state index in [1.54, 1.807) is 6.92 Å². The molecule has 126 valence electrons. The minimum Gasteiger partial charge on any atom is -0.494 e. The highest BCUT2D eigenvalue weighted by molar-refractivity contribution is 5.93. The van der Waals surface area contributed by atoms with E-state index in [4.69, 9.17) is 9.57 Å². The van der Waals surface area contributed by atoms with Crippen LogP contribution in [0.3, 0.4) is 0 Å². The zero-order chi connectivity index (χ0) is 17.4. The average molecular weight is 330 g/mol. The van der Waals surface area contributed by atoms with Crippen LogP contribution >= 0.6 is 0 Å². The number of benzene rings is 2. The van der Waals surface area contributed by atoms with Gasteiger partial charge in [-0.2, -0.15) is 0 Å². The largest absolute Gasteiger partial charge is 0.494 e. The van der Waals surface area contributed by atoms with Crippen molar-refractivity contribution in [1.29, 1.82) is 0 Å². The second kappa shape index (κ2) is 8.67. The molecule has 0 spiro atoms. The van der Waals surface area contributed by atoms with Crippen LogP contribution in [0.4, 0.5) is 10.1 Å². The first-order valence-electron chi connectivity index (χ1n) is 7.57. The monoisotopic (exact) mass is 330 g/mol. The van der Waals surface area contributed by atoms with Crippen molar-refractivity contribution in [3.05, 3.63) is 59.9 Å². The summed E-state index contributed by atoms with van der Waals surface area (Å²) in [5.41, 5.74) is 1.32. The number of amides is 1. The molecule has 1 amide bonds. The molecule has 6 heteroatoms. The van der Waals surface area contributed by atoms with Crippen LogP contribution in [0.15, 0.2) is 53.7 Å².